The van der Waals surface area contributed by atoms with E-state index in [0.717, 1.165) is 22.2 Å². The Morgan fingerprint density at radius 1 is 1.35 bits per heavy atom. The van der Waals surface area contributed by atoms with Crippen molar-refractivity contribution in [2.45, 2.75) is 6.92 Å². The Morgan fingerprint density at radius 2 is 2.15 bits per heavy atom. The first-order valence-corrected chi connectivity index (χ1v) is 8.87. The lowest BCUT2D eigenvalue weighted by atomic mass is 10.1. The number of halogens is 1. The number of rotatable bonds is 3. The summed E-state index contributed by atoms with van der Waals surface area (Å²) in [5, 5.41) is 4.81. The number of carbonyl (C=O) groups excluding carboxylic acids is 1. The molecular weight excluding hydrogens is 352 g/mol. The van der Waals surface area contributed by atoms with Crippen LogP contribution in [0.5, 0.6) is 0 Å². The molecule has 2 aromatic heterocycles. The summed E-state index contributed by atoms with van der Waals surface area (Å²) >= 11 is 6.06. The first-order chi connectivity index (χ1) is 12.6. The van der Waals surface area contributed by atoms with E-state index in [2.05, 4.69) is 15.3 Å². The van der Waals surface area contributed by atoms with Crippen molar-refractivity contribution in [3.63, 3.8) is 0 Å². The van der Waals surface area contributed by atoms with Crippen molar-refractivity contribution in [2.24, 2.45) is 0 Å². The molecule has 2 N–H and O–H groups in total. The van der Waals surface area contributed by atoms with E-state index in [-0.39, 0.29) is 5.91 Å². The number of ether oxygens (including phenoxy) is 1. The second-order valence-corrected chi connectivity index (χ2v) is 6.72. The van der Waals surface area contributed by atoms with Crippen LogP contribution in [0.3, 0.4) is 0 Å². The van der Waals surface area contributed by atoms with E-state index in [4.69, 9.17) is 16.3 Å². The number of aryl methyl sites for hydroxylation is 1. The fraction of sp³-hybridized carbons (Fsp3) is 0.263. The third-order valence-corrected chi connectivity index (χ3v) is 4.76. The second-order valence-electron chi connectivity index (χ2n) is 6.28. The number of hydrogen-bond acceptors (Lipinski definition) is 4. The highest BCUT2D eigenvalue weighted by atomic mass is 35.5. The lowest BCUT2D eigenvalue weighted by Gasteiger charge is -2.27. The Bertz CT molecular complexity index is 963. The maximum atomic E-state index is 13.0. The quantitative estimate of drug-likeness (QED) is 0.736. The van der Waals surface area contributed by atoms with Crippen LogP contribution in [0.4, 0.5) is 11.5 Å². The van der Waals surface area contributed by atoms with Crippen molar-refractivity contribution >= 4 is 39.9 Å². The van der Waals surface area contributed by atoms with E-state index < -0.39 is 0 Å². The minimum atomic E-state index is -0.0113. The molecule has 1 aliphatic rings. The molecule has 1 fully saturated rings. The van der Waals surface area contributed by atoms with Gasteiger partial charge in [-0.1, -0.05) is 17.7 Å². The lowest BCUT2D eigenvalue weighted by molar-refractivity contribution is 0.0304. The number of carbonyl (C=O) groups is 1. The van der Waals surface area contributed by atoms with Gasteiger partial charge >= 0.3 is 0 Å². The van der Waals surface area contributed by atoms with Crippen molar-refractivity contribution in [1.29, 1.82) is 0 Å². The summed E-state index contributed by atoms with van der Waals surface area (Å²) in [5.41, 5.74) is 3.26. The smallest absolute Gasteiger partial charge is 0.256 e. The van der Waals surface area contributed by atoms with Gasteiger partial charge in [0.1, 0.15) is 0 Å². The SMILES string of the molecule is Cc1c[nH]c2c(Nc3cccc(Cl)c3)ncc(C(=O)N3CCOCC3)c12. The van der Waals surface area contributed by atoms with Gasteiger partial charge in [-0.15, -0.1) is 0 Å². The van der Waals surface area contributed by atoms with Crippen LogP contribution in [-0.4, -0.2) is 47.1 Å². The summed E-state index contributed by atoms with van der Waals surface area (Å²) < 4.78 is 5.34. The number of fused-ring (bicyclic) bond motifs is 1. The largest absolute Gasteiger partial charge is 0.378 e. The normalized spacial score (nSPS) is 14.6. The molecule has 0 saturated carbocycles. The van der Waals surface area contributed by atoms with Gasteiger partial charge < -0.3 is 19.9 Å². The Kier molecular flexibility index (Phi) is 4.53. The predicted molar refractivity (Wildman–Crippen MR) is 102 cm³/mol. The number of aromatic amines is 1. The van der Waals surface area contributed by atoms with Crippen LogP contribution >= 0.6 is 11.6 Å². The third kappa shape index (κ3) is 3.13. The van der Waals surface area contributed by atoms with E-state index in [1.807, 2.05) is 42.3 Å². The molecule has 3 aromatic rings. The summed E-state index contributed by atoms with van der Waals surface area (Å²) in [6.45, 7) is 4.34. The Balaban J connectivity index is 1.73. The van der Waals surface area contributed by atoms with Crippen LogP contribution in [0.1, 0.15) is 15.9 Å². The first-order valence-electron chi connectivity index (χ1n) is 8.50. The molecule has 7 heteroatoms. The van der Waals surface area contributed by atoms with Crippen LogP contribution in [0.15, 0.2) is 36.7 Å². The molecule has 1 aliphatic heterocycles. The zero-order valence-corrected chi connectivity index (χ0v) is 15.1. The van der Waals surface area contributed by atoms with E-state index in [0.29, 0.717) is 42.7 Å². The van der Waals surface area contributed by atoms with Gasteiger partial charge in [-0.2, -0.15) is 0 Å². The number of morpholine rings is 1. The molecule has 0 aliphatic carbocycles. The highest BCUT2D eigenvalue weighted by Crippen LogP contribution is 2.30. The van der Waals surface area contributed by atoms with Crippen molar-refractivity contribution in [2.75, 3.05) is 31.6 Å². The number of nitrogens with zero attached hydrogens (tertiary/aromatic N) is 2. The van der Waals surface area contributed by atoms with Crippen molar-refractivity contribution in [1.82, 2.24) is 14.9 Å². The second kappa shape index (κ2) is 6.97. The monoisotopic (exact) mass is 370 g/mol. The molecule has 3 heterocycles. The van der Waals surface area contributed by atoms with Gasteiger partial charge in [0, 0.05) is 41.6 Å². The molecular formula is C19H19ClN4O2. The zero-order chi connectivity index (χ0) is 18.1. The standard InChI is InChI=1S/C19H19ClN4O2/c1-12-10-21-17-16(12)15(19(25)24-5-7-26-8-6-24)11-22-18(17)23-14-4-2-3-13(20)9-14/h2-4,9-11,21H,5-8H2,1H3,(H,22,23). The number of hydrogen-bond donors (Lipinski definition) is 2. The number of amides is 1. The van der Waals surface area contributed by atoms with E-state index in [9.17, 15) is 4.79 Å². The molecule has 26 heavy (non-hydrogen) atoms. The van der Waals surface area contributed by atoms with Crippen molar-refractivity contribution < 1.29 is 9.53 Å². The molecule has 0 unspecified atom stereocenters. The molecule has 0 bridgehead atoms. The van der Waals surface area contributed by atoms with Gasteiger partial charge in [0.25, 0.3) is 5.91 Å². The molecule has 1 saturated heterocycles. The minimum absolute atomic E-state index is 0.0113. The number of H-pyrrole nitrogens is 1. The van der Waals surface area contributed by atoms with Crippen LogP contribution in [0.25, 0.3) is 10.9 Å². The highest BCUT2D eigenvalue weighted by Gasteiger charge is 2.23. The van der Waals surface area contributed by atoms with Gasteiger partial charge in [0.15, 0.2) is 5.82 Å². The zero-order valence-electron chi connectivity index (χ0n) is 14.4. The summed E-state index contributed by atoms with van der Waals surface area (Å²) in [7, 11) is 0. The summed E-state index contributed by atoms with van der Waals surface area (Å²) in [6.07, 6.45) is 3.54. The number of nitrogens with one attached hydrogen (secondary N) is 2. The fourth-order valence-corrected chi connectivity index (χ4v) is 3.40. The van der Waals surface area contributed by atoms with Crippen LogP contribution in [0.2, 0.25) is 5.02 Å². The van der Waals surface area contributed by atoms with Gasteiger partial charge in [0.05, 0.1) is 24.3 Å². The van der Waals surface area contributed by atoms with Gasteiger partial charge in [0.2, 0.25) is 0 Å². The average molecular weight is 371 g/mol. The van der Waals surface area contributed by atoms with Gasteiger partial charge in [-0.05, 0) is 30.7 Å². The van der Waals surface area contributed by atoms with Crippen LogP contribution in [-0.2, 0) is 4.74 Å². The Labute approximate surface area is 156 Å². The Hall–Kier alpha value is -2.57. The summed E-state index contributed by atoms with van der Waals surface area (Å²) in [6, 6.07) is 7.44. The predicted octanol–water partition coefficient (Wildman–Crippen LogP) is 3.74. The molecule has 4 rings (SSSR count). The van der Waals surface area contributed by atoms with E-state index >= 15 is 0 Å². The van der Waals surface area contributed by atoms with Crippen molar-refractivity contribution in [3.8, 4) is 0 Å². The number of pyridine rings is 1. The maximum Gasteiger partial charge on any atom is 0.256 e. The number of benzene rings is 1. The summed E-state index contributed by atoms with van der Waals surface area (Å²) in [5.74, 6) is 0.650. The number of anilines is 2. The Morgan fingerprint density at radius 3 is 2.92 bits per heavy atom. The molecule has 1 aromatic carbocycles. The molecule has 0 atom stereocenters. The maximum absolute atomic E-state index is 13.0. The molecule has 0 spiro atoms. The molecule has 0 radical (unpaired) electrons. The van der Waals surface area contributed by atoms with Crippen LogP contribution < -0.4 is 5.32 Å². The first kappa shape index (κ1) is 16.9. The van der Waals surface area contributed by atoms with Gasteiger partial charge in [-0.25, -0.2) is 4.98 Å². The molecule has 6 nitrogen and oxygen atoms in total. The van der Waals surface area contributed by atoms with E-state index in [1.54, 1.807) is 6.20 Å². The fourth-order valence-electron chi connectivity index (χ4n) is 3.21. The van der Waals surface area contributed by atoms with Crippen molar-refractivity contribution in [3.05, 3.63) is 52.8 Å². The third-order valence-electron chi connectivity index (χ3n) is 4.52. The molecule has 1 amide bonds. The lowest BCUT2D eigenvalue weighted by Crippen LogP contribution is -2.40. The average Bonchev–Trinajstić information content (AvgIpc) is 3.05. The molecule has 134 valence electrons. The number of aromatic nitrogens is 2. The summed E-state index contributed by atoms with van der Waals surface area (Å²) in [4.78, 5) is 22.5. The minimum Gasteiger partial charge on any atom is -0.378 e. The van der Waals surface area contributed by atoms with Crippen LogP contribution in [0, 0.1) is 6.92 Å². The topological polar surface area (TPSA) is 70.2 Å². The van der Waals surface area contributed by atoms with Gasteiger partial charge in [-0.3, -0.25) is 4.79 Å². The van der Waals surface area contributed by atoms with E-state index in [1.165, 1.54) is 0 Å². The highest BCUT2D eigenvalue weighted by molar-refractivity contribution is 6.30.